The Kier molecular flexibility index (Phi) is 14.0. The molecule has 0 radical (unpaired) electrons. The quantitative estimate of drug-likeness (QED) is 0.0672. The van der Waals surface area contributed by atoms with Gasteiger partial charge in [0.2, 0.25) is 11.6 Å². The van der Waals surface area contributed by atoms with E-state index in [1.54, 1.807) is 0 Å². The van der Waals surface area contributed by atoms with Crippen molar-refractivity contribution in [2.24, 2.45) is 0 Å². The first-order valence-corrected chi connectivity index (χ1v) is 13.5. The van der Waals surface area contributed by atoms with Gasteiger partial charge in [0.05, 0.1) is 26.1 Å². The molecule has 2 aliphatic heterocycles. The Labute approximate surface area is 267 Å². The molecule has 2 unspecified atom stereocenters. The van der Waals surface area contributed by atoms with Gasteiger partial charge in [-0.3, -0.25) is 0 Å². The highest BCUT2D eigenvalue weighted by molar-refractivity contribution is 5.90. The third-order valence-electron chi connectivity index (χ3n) is 6.65. The number of aliphatic hydroxyl groups excluding tert-OH is 8. The molecule has 274 valence electrons. The second-order valence-corrected chi connectivity index (χ2v) is 10.4. The molecule has 0 spiro atoms. The van der Waals surface area contributed by atoms with Crippen molar-refractivity contribution in [3.05, 3.63) is 0 Å². The molecule has 2 rings (SSSR count). The normalized spacial score (nSPS) is 32.7. The summed E-state index contributed by atoms with van der Waals surface area (Å²) in [5.41, 5.74) is -3.30. The summed E-state index contributed by atoms with van der Waals surface area (Å²) in [5, 5.41) is 91.9. The number of rotatable bonds is 12. The van der Waals surface area contributed by atoms with E-state index >= 15 is 0 Å². The average Bonchev–Trinajstić information content (AvgIpc) is 3.26. The van der Waals surface area contributed by atoms with Gasteiger partial charge >= 0.3 is 35.8 Å². The molecule has 0 aromatic heterocycles. The number of hydrogen-bond acceptors (Lipinski definition) is 24. The molecule has 2 aliphatic rings. The molecule has 48 heavy (non-hydrogen) atoms. The van der Waals surface area contributed by atoms with Crippen molar-refractivity contribution >= 4 is 35.8 Å². The van der Waals surface area contributed by atoms with Crippen LogP contribution in [0.4, 0.5) is 0 Å². The van der Waals surface area contributed by atoms with Crippen molar-refractivity contribution in [3.8, 4) is 0 Å². The van der Waals surface area contributed by atoms with Gasteiger partial charge in [0.25, 0.3) is 0 Å². The molecule has 0 bridgehead atoms. The van der Waals surface area contributed by atoms with Crippen LogP contribution in [-0.4, -0.2) is 161 Å². The van der Waals surface area contributed by atoms with Crippen LogP contribution in [0.15, 0.2) is 0 Å². The fraction of sp³-hybridized carbons (Fsp3) is 0.750. The summed E-state index contributed by atoms with van der Waals surface area (Å²) in [6.07, 6.45) is -19.2. The Bertz CT molecular complexity index is 1190. The Balaban J connectivity index is 2.29. The molecule has 2 fully saturated rings. The third-order valence-corrected chi connectivity index (χ3v) is 6.65. The highest BCUT2D eigenvalue weighted by Crippen LogP contribution is 2.42. The van der Waals surface area contributed by atoms with Crippen LogP contribution in [0.25, 0.3) is 0 Å². The monoisotopic (exact) mass is 706 g/mol. The van der Waals surface area contributed by atoms with E-state index in [4.69, 9.17) is 14.2 Å². The maximum Gasteiger partial charge on any atom is 0.387 e. The average molecular weight is 707 g/mol. The smallest absolute Gasteiger partial charge is 0.387 e. The number of hydrogen-bond donors (Lipinski definition) is 9. The van der Waals surface area contributed by atoms with Gasteiger partial charge in [-0.2, -0.15) is 0 Å². The summed E-state index contributed by atoms with van der Waals surface area (Å²) < 4.78 is 16.0. The third kappa shape index (κ3) is 9.49. The zero-order valence-electron chi connectivity index (χ0n) is 24.9. The van der Waals surface area contributed by atoms with E-state index in [-0.39, 0.29) is 0 Å². The first-order valence-electron chi connectivity index (χ1n) is 13.5. The lowest BCUT2D eigenvalue weighted by molar-refractivity contribution is -0.434. The van der Waals surface area contributed by atoms with Gasteiger partial charge in [0.15, 0.2) is 5.60 Å². The SMILES string of the molecule is CC(=O)OOC(=O)CC(O)(CC(=O)OOC(=O)C[C@@]1(OC2(CO)O[C@H](CO)[C@@H](O)[C@@H]2O)O[C@H](CO)[C@@H](O)[C@H](O)[C@H]1O)C(=O)OOC(C)=O. The van der Waals surface area contributed by atoms with E-state index in [9.17, 15) is 74.7 Å². The molecule has 0 saturated carbocycles. The Hall–Kier alpha value is -3.66. The summed E-state index contributed by atoms with van der Waals surface area (Å²) in [7, 11) is 0. The van der Waals surface area contributed by atoms with Gasteiger partial charge < -0.3 is 60.2 Å². The lowest BCUT2D eigenvalue weighted by atomic mass is 9.90. The second-order valence-electron chi connectivity index (χ2n) is 10.4. The fourth-order valence-electron chi connectivity index (χ4n) is 4.37. The zero-order chi connectivity index (χ0) is 36.6. The van der Waals surface area contributed by atoms with Crippen LogP contribution in [-0.2, 0) is 72.3 Å². The van der Waals surface area contributed by atoms with E-state index < -0.39 is 135 Å². The molecular formula is C24H34O24. The molecule has 0 amide bonds. The highest BCUT2D eigenvalue weighted by Gasteiger charge is 2.64. The molecule has 9 N–H and O–H groups in total. The van der Waals surface area contributed by atoms with E-state index in [0.29, 0.717) is 0 Å². The number of carbonyl (C=O) groups excluding carboxylic acids is 6. The van der Waals surface area contributed by atoms with Crippen LogP contribution in [0.5, 0.6) is 0 Å². The lowest BCUT2D eigenvalue weighted by Crippen LogP contribution is -2.70. The Morgan fingerprint density at radius 3 is 1.54 bits per heavy atom. The van der Waals surface area contributed by atoms with E-state index in [1.807, 2.05) is 0 Å². The van der Waals surface area contributed by atoms with Crippen molar-refractivity contribution < 1.29 is 118 Å². The predicted molar refractivity (Wildman–Crippen MR) is 134 cm³/mol. The van der Waals surface area contributed by atoms with E-state index in [1.165, 1.54) is 0 Å². The fourth-order valence-corrected chi connectivity index (χ4v) is 4.37. The molecule has 0 aromatic carbocycles. The van der Waals surface area contributed by atoms with Crippen molar-refractivity contribution in [1.82, 2.24) is 0 Å². The highest BCUT2D eigenvalue weighted by atomic mass is 17.2. The van der Waals surface area contributed by atoms with Gasteiger partial charge in [-0.1, -0.05) is 0 Å². The van der Waals surface area contributed by atoms with Gasteiger partial charge in [-0.15, -0.1) is 0 Å². The minimum Gasteiger partial charge on any atom is -0.394 e. The van der Waals surface area contributed by atoms with Crippen LogP contribution in [0.1, 0.15) is 33.1 Å². The minimum absolute atomic E-state index is 0.760. The van der Waals surface area contributed by atoms with Crippen LogP contribution >= 0.6 is 0 Å². The first kappa shape index (κ1) is 40.5. The largest absolute Gasteiger partial charge is 0.394 e. The summed E-state index contributed by atoms with van der Waals surface area (Å²) in [4.78, 5) is 95.7. The summed E-state index contributed by atoms with van der Waals surface area (Å²) in [5.74, 6) is -15.5. The maximum absolute atomic E-state index is 12.8. The predicted octanol–water partition coefficient (Wildman–Crippen LogP) is -7.08. The van der Waals surface area contributed by atoms with E-state index in [2.05, 4.69) is 29.3 Å². The van der Waals surface area contributed by atoms with Crippen LogP contribution < -0.4 is 0 Å². The standard InChI is InChI=1S/C24H34O24/c1-9(28)42-44-13(30)3-22(39,21(38)47-43-10(2)29)4-14(31)45-46-15(32)5-23(20(37)18(35)16(33)11(6-25)40-23)48-24(8-27)19(36)17(34)12(7-26)41-24/h11-12,16-20,25-27,33-37,39H,3-8H2,1-2H3/t11-,12-,16-,17-,18+,19+,20-,22?,23+,24?/m1/s1. The Morgan fingerprint density at radius 2 is 1.06 bits per heavy atom. The lowest BCUT2D eigenvalue weighted by Gasteiger charge is -2.50. The van der Waals surface area contributed by atoms with Crippen molar-refractivity contribution in [1.29, 1.82) is 0 Å². The second kappa shape index (κ2) is 16.6. The number of ether oxygens (including phenoxy) is 3. The molecule has 24 nitrogen and oxygen atoms in total. The number of aliphatic hydroxyl groups is 9. The summed E-state index contributed by atoms with van der Waals surface area (Å²) >= 11 is 0. The van der Waals surface area contributed by atoms with Crippen molar-refractivity contribution in [2.45, 2.75) is 93.0 Å². The van der Waals surface area contributed by atoms with Gasteiger partial charge in [-0.25, -0.2) is 58.1 Å². The minimum atomic E-state index is -3.30. The maximum atomic E-state index is 12.8. The molecular weight excluding hydrogens is 672 g/mol. The number of carbonyl (C=O) groups is 6. The van der Waals surface area contributed by atoms with Crippen LogP contribution in [0.2, 0.25) is 0 Å². The zero-order valence-corrected chi connectivity index (χ0v) is 24.9. The summed E-state index contributed by atoms with van der Waals surface area (Å²) in [6.45, 7) is -1.88. The molecule has 0 aromatic rings. The van der Waals surface area contributed by atoms with Gasteiger partial charge in [0.1, 0.15) is 55.8 Å². The first-order chi connectivity index (χ1) is 22.3. The topological polar surface area (TPSA) is 368 Å². The molecule has 2 saturated heterocycles. The van der Waals surface area contributed by atoms with Crippen LogP contribution in [0.3, 0.4) is 0 Å². The molecule has 0 aliphatic carbocycles. The molecule has 24 heteroatoms. The van der Waals surface area contributed by atoms with Gasteiger partial charge in [-0.05, 0) is 0 Å². The summed E-state index contributed by atoms with van der Waals surface area (Å²) in [6, 6.07) is 0. The Morgan fingerprint density at radius 1 is 0.625 bits per heavy atom. The molecule has 10 atom stereocenters. The molecule has 2 heterocycles. The van der Waals surface area contributed by atoms with E-state index in [0.717, 1.165) is 13.8 Å². The van der Waals surface area contributed by atoms with Gasteiger partial charge in [0, 0.05) is 13.8 Å². The van der Waals surface area contributed by atoms with Crippen molar-refractivity contribution in [3.63, 3.8) is 0 Å². The van der Waals surface area contributed by atoms with Crippen LogP contribution in [0, 0.1) is 0 Å². The van der Waals surface area contributed by atoms with Crippen molar-refractivity contribution in [2.75, 3.05) is 19.8 Å².